The Kier molecular flexibility index (Phi) is 12.1. The van der Waals surface area contributed by atoms with E-state index in [1.54, 1.807) is 0 Å². The zero-order valence-corrected chi connectivity index (χ0v) is 14.1. The van der Waals surface area contributed by atoms with Crippen LogP contribution in [0, 0.1) is 0 Å². The summed E-state index contributed by atoms with van der Waals surface area (Å²) in [4.78, 5) is 40.3. The topological polar surface area (TPSA) is 151 Å². The minimum Gasteiger partial charge on any atom is -0.481 e. The van der Waals surface area contributed by atoms with E-state index in [0.717, 1.165) is 0 Å². The molecule has 0 aromatic heterocycles. The first-order chi connectivity index (χ1) is 11.4. The molecule has 0 spiro atoms. The van der Waals surface area contributed by atoms with E-state index in [0.29, 0.717) is 6.61 Å². The van der Waals surface area contributed by atoms with Gasteiger partial charge >= 0.3 is 23.9 Å². The van der Waals surface area contributed by atoms with E-state index in [4.69, 9.17) is 24.8 Å². The molecule has 9 heteroatoms. The molecule has 0 aromatic rings. The van der Waals surface area contributed by atoms with Crippen LogP contribution in [0.5, 0.6) is 0 Å². The van der Waals surface area contributed by atoms with Gasteiger partial charge in [0.1, 0.15) is 12.7 Å². The summed E-state index contributed by atoms with van der Waals surface area (Å²) >= 11 is 0. The van der Waals surface area contributed by atoms with Crippen LogP contribution in [0.25, 0.3) is 0 Å². The lowest BCUT2D eigenvalue weighted by atomic mass is 10.2. The molecular formula is C16H22O9. The van der Waals surface area contributed by atoms with E-state index in [1.165, 1.54) is 13.8 Å². The molecular weight excluding hydrogens is 336 g/mol. The molecule has 0 bridgehead atoms. The van der Waals surface area contributed by atoms with Gasteiger partial charge in [-0.05, 0) is 13.8 Å². The molecule has 9 nitrogen and oxygen atoms in total. The lowest BCUT2D eigenvalue weighted by Gasteiger charge is -2.02. The normalized spacial score (nSPS) is 13.6. The largest absolute Gasteiger partial charge is 0.481 e. The summed E-state index contributed by atoms with van der Waals surface area (Å²) in [6.45, 7) is 13.3. The van der Waals surface area contributed by atoms with Crippen LogP contribution in [0.2, 0.25) is 0 Å². The first-order valence-electron chi connectivity index (χ1n) is 6.84. The van der Waals surface area contributed by atoms with Gasteiger partial charge < -0.3 is 24.8 Å². The summed E-state index contributed by atoms with van der Waals surface area (Å²) in [7, 11) is 0. The third kappa shape index (κ3) is 17.2. The quantitative estimate of drug-likeness (QED) is 0.347. The van der Waals surface area contributed by atoms with Crippen molar-refractivity contribution < 1.29 is 44.0 Å². The molecule has 1 unspecified atom stereocenters. The number of epoxide rings is 1. The molecule has 140 valence electrons. The second-order valence-corrected chi connectivity index (χ2v) is 4.90. The third-order valence-electron chi connectivity index (χ3n) is 2.19. The van der Waals surface area contributed by atoms with Crippen molar-refractivity contribution in [3.8, 4) is 0 Å². The van der Waals surface area contributed by atoms with Gasteiger partial charge in [-0.2, -0.15) is 0 Å². The minimum atomic E-state index is -1.09. The van der Waals surface area contributed by atoms with Crippen LogP contribution in [0.1, 0.15) is 20.3 Å². The number of aliphatic carboxylic acids is 3. The van der Waals surface area contributed by atoms with Gasteiger partial charge in [0, 0.05) is 16.7 Å². The van der Waals surface area contributed by atoms with Crippen LogP contribution < -0.4 is 0 Å². The van der Waals surface area contributed by atoms with Crippen molar-refractivity contribution >= 4 is 23.9 Å². The predicted octanol–water partition coefficient (Wildman–Crippen LogP) is 1.25. The first kappa shape index (κ1) is 24.3. The number of esters is 1. The average molecular weight is 358 g/mol. The minimum absolute atomic E-state index is 0.0124. The number of ether oxygens (including phenoxy) is 2. The lowest BCUT2D eigenvalue weighted by molar-refractivity contribution is -0.143. The van der Waals surface area contributed by atoms with Crippen LogP contribution in [-0.4, -0.2) is 58.5 Å². The van der Waals surface area contributed by atoms with E-state index in [1.807, 2.05) is 0 Å². The maximum Gasteiger partial charge on any atom is 0.334 e. The Balaban J connectivity index is 0. The van der Waals surface area contributed by atoms with Gasteiger partial charge in [0.15, 0.2) is 0 Å². The molecule has 1 fully saturated rings. The van der Waals surface area contributed by atoms with E-state index in [9.17, 15) is 19.2 Å². The van der Waals surface area contributed by atoms with Gasteiger partial charge in [-0.3, -0.25) is 4.79 Å². The molecule has 1 aliphatic rings. The summed E-state index contributed by atoms with van der Waals surface area (Å²) < 4.78 is 9.50. The highest BCUT2D eigenvalue weighted by molar-refractivity contribution is 5.92. The van der Waals surface area contributed by atoms with Crippen molar-refractivity contribution in [3.63, 3.8) is 0 Å². The van der Waals surface area contributed by atoms with E-state index < -0.39 is 23.9 Å². The second-order valence-electron chi connectivity index (χ2n) is 4.90. The van der Waals surface area contributed by atoms with Crippen LogP contribution in [0.15, 0.2) is 36.5 Å². The fourth-order valence-electron chi connectivity index (χ4n) is 0.690. The summed E-state index contributed by atoms with van der Waals surface area (Å²) in [5.41, 5.74) is 0.304. The number of carbonyl (C=O) groups excluding carboxylic acids is 1. The van der Waals surface area contributed by atoms with Crippen LogP contribution in [0.4, 0.5) is 0 Å². The Morgan fingerprint density at radius 3 is 1.60 bits per heavy atom. The molecule has 0 saturated carbocycles. The van der Waals surface area contributed by atoms with Gasteiger partial charge in [-0.1, -0.05) is 19.7 Å². The van der Waals surface area contributed by atoms with Crippen molar-refractivity contribution in [2.75, 3.05) is 13.2 Å². The Morgan fingerprint density at radius 2 is 1.36 bits per heavy atom. The number of hydrogen-bond donors (Lipinski definition) is 3. The van der Waals surface area contributed by atoms with Crippen LogP contribution in [0.3, 0.4) is 0 Å². The number of carboxylic acids is 3. The molecule has 1 heterocycles. The first-order valence-corrected chi connectivity index (χ1v) is 6.84. The molecule has 1 saturated heterocycles. The highest BCUT2D eigenvalue weighted by Gasteiger charge is 2.24. The molecule has 0 aromatic carbocycles. The number of carboxylic acid groups (broad SMARTS) is 3. The molecule has 3 N–H and O–H groups in total. The van der Waals surface area contributed by atoms with Crippen LogP contribution >= 0.6 is 0 Å². The average Bonchev–Trinajstić information content (AvgIpc) is 3.29. The predicted molar refractivity (Wildman–Crippen MR) is 87.0 cm³/mol. The fraction of sp³-hybridized carbons (Fsp3) is 0.375. The molecule has 1 aliphatic heterocycles. The van der Waals surface area contributed by atoms with E-state index in [2.05, 4.69) is 19.7 Å². The van der Waals surface area contributed by atoms with Crippen molar-refractivity contribution in [2.24, 2.45) is 0 Å². The standard InChI is InChI=1S/C8H10O5.2C4H6O2/c1-5(2-7(9)10)8(11)13-4-6-3-12-6;2*1-3(2)4(5)6/h6H,1-4H2,(H,9,10);2*1H2,2H3,(H,5,6). The van der Waals surface area contributed by atoms with E-state index >= 15 is 0 Å². The van der Waals surface area contributed by atoms with Gasteiger partial charge in [0.05, 0.1) is 13.0 Å². The molecule has 1 rings (SSSR count). The zero-order valence-electron chi connectivity index (χ0n) is 14.1. The highest BCUT2D eigenvalue weighted by atomic mass is 16.6. The Morgan fingerprint density at radius 1 is 1.00 bits per heavy atom. The summed E-state index contributed by atoms with van der Waals surface area (Å²) in [5, 5.41) is 24.1. The monoisotopic (exact) mass is 358 g/mol. The second kappa shape index (κ2) is 12.5. The van der Waals surface area contributed by atoms with Crippen molar-refractivity contribution in [3.05, 3.63) is 36.5 Å². The zero-order chi connectivity index (χ0) is 20.2. The SMILES string of the molecule is C=C(C)C(=O)O.C=C(C)C(=O)O.C=C(CC(=O)O)C(=O)OCC1CO1. The summed E-state index contributed by atoms with van der Waals surface area (Å²) in [5.74, 6) is -3.63. The lowest BCUT2D eigenvalue weighted by Crippen LogP contribution is -2.13. The maximum atomic E-state index is 11.0. The maximum absolute atomic E-state index is 11.0. The molecule has 0 amide bonds. The molecule has 0 radical (unpaired) electrons. The highest BCUT2D eigenvalue weighted by Crippen LogP contribution is 2.10. The number of rotatable bonds is 7. The number of hydrogen-bond acceptors (Lipinski definition) is 6. The van der Waals surface area contributed by atoms with Gasteiger partial charge in [0.2, 0.25) is 0 Å². The van der Waals surface area contributed by atoms with Crippen molar-refractivity contribution in [2.45, 2.75) is 26.4 Å². The van der Waals surface area contributed by atoms with Gasteiger partial charge in [-0.25, -0.2) is 14.4 Å². The Labute approximate surface area is 144 Å². The van der Waals surface area contributed by atoms with Crippen LogP contribution in [-0.2, 0) is 28.7 Å². The third-order valence-corrected chi connectivity index (χ3v) is 2.19. The molecule has 1 atom stereocenters. The Bertz CT molecular complexity index is 508. The summed E-state index contributed by atoms with van der Waals surface area (Å²) in [6.07, 6.45) is -0.397. The molecule has 25 heavy (non-hydrogen) atoms. The number of carbonyl (C=O) groups is 4. The Hall–Kier alpha value is -2.94. The van der Waals surface area contributed by atoms with E-state index in [-0.39, 0.29) is 35.9 Å². The fourth-order valence-corrected chi connectivity index (χ4v) is 0.690. The molecule has 0 aliphatic carbocycles. The van der Waals surface area contributed by atoms with Crippen molar-refractivity contribution in [1.82, 2.24) is 0 Å². The van der Waals surface area contributed by atoms with Gasteiger partial charge in [-0.15, -0.1) is 0 Å². The van der Waals surface area contributed by atoms with Gasteiger partial charge in [0.25, 0.3) is 0 Å². The van der Waals surface area contributed by atoms with Crippen molar-refractivity contribution in [1.29, 1.82) is 0 Å². The summed E-state index contributed by atoms with van der Waals surface area (Å²) in [6, 6.07) is 0. The smallest absolute Gasteiger partial charge is 0.334 e.